The first-order valence-electron chi connectivity index (χ1n) is 9.86. The summed E-state index contributed by atoms with van der Waals surface area (Å²) in [5.41, 5.74) is 2.63. The van der Waals surface area contributed by atoms with Crippen LogP contribution in [0.4, 0.5) is 5.82 Å². The first-order chi connectivity index (χ1) is 14.5. The van der Waals surface area contributed by atoms with E-state index in [-0.39, 0.29) is 17.9 Å². The summed E-state index contributed by atoms with van der Waals surface area (Å²) in [6.07, 6.45) is 2.08. The number of ether oxygens (including phenoxy) is 3. The average molecular weight is 407 g/mol. The number of benzene rings is 2. The molecule has 2 aromatic carbocycles. The lowest BCUT2D eigenvalue weighted by molar-refractivity contribution is -0.116. The number of nitrogens with zero attached hydrogens (tertiary/aromatic N) is 2. The minimum Gasteiger partial charge on any atom is -0.497 e. The van der Waals surface area contributed by atoms with E-state index in [1.165, 1.54) is 0 Å². The van der Waals surface area contributed by atoms with E-state index in [1.54, 1.807) is 20.5 Å². The fraction of sp³-hybridized carbons (Fsp3) is 0.304. The molecular weight excluding hydrogens is 382 g/mol. The van der Waals surface area contributed by atoms with Gasteiger partial charge in [0.05, 0.1) is 31.7 Å². The van der Waals surface area contributed by atoms with Gasteiger partial charge in [-0.1, -0.05) is 12.1 Å². The molecule has 0 saturated heterocycles. The Labute approximate surface area is 175 Å². The maximum Gasteiger partial charge on any atom is 0.226 e. The molecule has 0 radical (unpaired) electrons. The quantitative estimate of drug-likeness (QED) is 0.664. The summed E-state index contributed by atoms with van der Waals surface area (Å²) in [6, 6.07) is 13.4. The van der Waals surface area contributed by atoms with Crippen LogP contribution in [0.1, 0.15) is 37.4 Å². The molecule has 1 amide bonds. The normalized spacial score (nSPS) is 15.5. The average Bonchev–Trinajstić information content (AvgIpc) is 3.17. The Morgan fingerprint density at radius 2 is 1.93 bits per heavy atom. The lowest BCUT2D eigenvalue weighted by Gasteiger charge is -2.24. The number of hydrogen-bond donors (Lipinski definition) is 1. The molecule has 0 saturated carbocycles. The van der Waals surface area contributed by atoms with E-state index < -0.39 is 0 Å². The predicted molar refractivity (Wildman–Crippen MR) is 114 cm³/mol. The SMILES string of the molecule is COc1cccc(-n2cnc3c2NC(=O)C[C@H]3c2ccc(OC(C)C)c(OC)c2)c1. The van der Waals surface area contributed by atoms with Crippen molar-refractivity contribution < 1.29 is 19.0 Å². The van der Waals surface area contributed by atoms with Gasteiger partial charge in [-0.05, 0) is 43.7 Å². The number of amides is 1. The van der Waals surface area contributed by atoms with Crippen LogP contribution in [0.5, 0.6) is 17.2 Å². The Morgan fingerprint density at radius 1 is 1.10 bits per heavy atom. The molecule has 1 aliphatic rings. The Morgan fingerprint density at radius 3 is 2.67 bits per heavy atom. The molecule has 1 N–H and O–H groups in total. The number of imidazole rings is 1. The molecule has 0 fully saturated rings. The largest absolute Gasteiger partial charge is 0.497 e. The van der Waals surface area contributed by atoms with Crippen molar-refractivity contribution in [1.82, 2.24) is 9.55 Å². The van der Waals surface area contributed by atoms with Crippen molar-refractivity contribution in [2.24, 2.45) is 0 Å². The van der Waals surface area contributed by atoms with Crippen molar-refractivity contribution in [3.05, 3.63) is 60.0 Å². The van der Waals surface area contributed by atoms with Crippen LogP contribution in [0.3, 0.4) is 0 Å². The molecule has 0 unspecified atom stereocenters. The molecule has 1 aliphatic heterocycles. The standard InChI is InChI=1S/C23H25N3O4/c1-14(2)30-19-9-8-15(10-20(19)29-4)18-12-21(27)25-23-22(18)24-13-26(23)16-6-5-7-17(11-16)28-3/h5-11,13-14,18H,12H2,1-4H3,(H,25,27)/t18-/m0/s1. The number of aromatic nitrogens is 2. The Kier molecular flexibility index (Phi) is 5.35. The number of nitrogens with one attached hydrogen (secondary N) is 1. The van der Waals surface area contributed by atoms with E-state index in [1.807, 2.05) is 60.9 Å². The fourth-order valence-corrected chi connectivity index (χ4v) is 3.69. The van der Waals surface area contributed by atoms with Gasteiger partial charge in [0.15, 0.2) is 11.5 Å². The van der Waals surface area contributed by atoms with Gasteiger partial charge in [0.25, 0.3) is 0 Å². The number of anilines is 1. The molecule has 3 aromatic rings. The summed E-state index contributed by atoms with van der Waals surface area (Å²) >= 11 is 0. The van der Waals surface area contributed by atoms with Crippen molar-refractivity contribution in [2.75, 3.05) is 19.5 Å². The van der Waals surface area contributed by atoms with Crippen LogP contribution in [-0.4, -0.2) is 35.8 Å². The predicted octanol–water partition coefficient (Wildman–Crippen LogP) is 4.15. The maximum absolute atomic E-state index is 12.5. The van der Waals surface area contributed by atoms with Gasteiger partial charge in [0, 0.05) is 18.4 Å². The van der Waals surface area contributed by atoms with Crippen molar-refractivity contribution in [1.29, 1.82) is 0 Å². The molecule has 7 heteroatoms. The second-order valence-corrected chi connectivity index (χ2v) is 7.43. The highest BCUT2D eigenvalue weighted by molar-refractivity contribution is 5.94. The second-order valence-electron chi connectivity index (χ2n) is 7.43. The number of carbonyl (C=O) groups is 1. The van der Waals surface area contributed by atoms with E-state index in [0.717, 1.165) is 22.7 Å². The molecule has 0 spiro atoms. The van der Waals surface area contributed by atoms with Crippen molar-refractivity contribution in [3.63, 3.8) is 0 Å². The highest BCUT2D eigenvalue weighted by Gasteiger charge is 2.31. The zero-order chi connectivity index (χ0) is 21.3. The zero-order valence-corrected chi connectivity index (χ0v) is 17.5. The molecular formula is C23H25N3O4. The third kappa shape index (κ3) is 3.70. The number of rotatable bonds is 6. The lowest BCUT2D eigenvalue weighted by Crippen LogP contribution is -2.25. The Balaban J connectivity index is 1.74. The summed E-state index contributed by atoms with van der Waals surface area (Å²) in [5.74, 6) is 2.49. The fourth-order valence-electron chi connectivity index (χ4n) is 3.69. The first-order valence-corrected chi connectivity index (χ1v) is 9.86. The first kappa shape index (κ1) is 19.8. The summed E-state index contributed by atoms with van der Waals surface area (Å²) in [4.78, 5) is 17.2. The van der Waals surface area contributed by atoms with Crippen LogP contribution in [0.15, 0.2) is 48.8 Å². The third-order valence-electron chi connectivity index (χ3n) is 5.06. The van der Waals surface area contributed by atoms with Gasteiger partial charge < -0.3 is 19.5 Å². The van der Waals surface area contributed by atoms with Crippen LogP contribution >= 0.6 is 0 Å². The van der Waals surface area contributed by atoms with Gasteiger partial charge in [-0.15, -0.1) is 0 Å². The van der Waals surface area contributed by atoms with Crippen LogP contribution in [0.25, 0.3) is 5.69 Å². The van der Waals surface area contributed by atoms with E-state index in [4.69, 9.17) is 14.2 Å². The van der Waals surface area contributed by atoms with Crippen molar-refractivity contribution in [2.45, 2.75) is 32.3 Å². The van der Waals surface area contributed by atoms with Gasteiger partial charge in [0.1, 0.15) is 17.9 Å². The van der Waals surface area contributed by atoms with Crippen LogP contribution in [0.2, 0.25) is 0 Å². The van der Waals surface area contributed by atoms with E-state index in [2.05, 4.69) is 10.3 Å². The van der Waals surface area contributed by atoms with E-state index in [0.29, 0.717) is 23.7 Å². The van der Waals surface area contributed by atoms with Crippen LogP contribution < -0.4 is 19.5 Å². The minimum absolute atomic E-state index is 0.0374. The Hall–Kier alpha value is -3.48. The van der Waals surface area contributed by atoms with Gasteiger partial charge in [-0.25, -0.2) is 4.98 Å². The second kappa shape index (κ2) is 8.10. The number of fused-ring (bicyclic) bond motifs is 1. The van der Waals surface area contributed by atoms with E-state index in [9.17, 15) is 4.79 Å². The molecule has 0 aliphatic carbocycles. The van der Waals surface area contributed by atoms with Crippen LogP contribution in [0, 0.1) is 0 Å². The molecule has 4 rings (SSSR count). The van der Waals surface area contributed by atoms with Gasteiger partial charge in [-0.3, -0.25) is 9.36 Å². The molecule has 30 heavy (non-hydrogen) atoms. The molecule has 156 valence electrons. The molecule has 2 heterocycles. The van der Waals surface area contributed by atoms with Gasteiger partial charge >= 0.3 is 0 Å². The number of methoxy groups -OCH3 is 2. The van der Waals surface area contributed by atoms with E-state index >= 15 is 0 Å². The third-order valence-corrected chi connectivity index (χ3v) is 5.06. The Bertz CT molecular complexity index is 1070. The monoisotopic (exact) mass is 407 g/mol. The lowest BCUT2D eigenvalue weighted by atomic mass is 9.89. The van der Waals surface area contributed by atoms with Gasteiger partial charge in [-0.2, -0.15) is 0 Å². The summed E-state index contributed by atoms with van der Waals surface area (Å²) in [6.45, 7) is 3.94. The molecule has 1 atom stereocenters. The molecule has 7 nitrogen and oxygen atoms in total. The highest BCUT2D eigenvalue weighted by atomic mass is 16.5. The minimum atomic E-state index is -0.178. The summed E-state index contributed by atoms with van der Waals surface area (Å²) < 4.78 is 18.5. The highest BCUT2D eigenvalue weighted by Crippen LogP contribution is 2.40. The smallest absolute Gasteiger partial charge is 0.226 e. The molecule has 0 bridgehead atoms. The van der Waals surface area contributed by atoms with Gasteiger partial charge in [0.2, 0.25) is 5.91 Å². The molecule has 1 aromatic heterocycles. The number of carbonyl (C=O) groups excluding carboxylic acids is 1. The topological polar surface area (TPSA) is 74.6 Å². The maximum atomic E-state index is 12.5. The zero-order valence-electron chi connectivity index (χ0n) is 17.5. The summed E-state index contributed by atoms with van der Waals surface area (Å²) in [5, 5.41) is 2.98. The van der Waals surface area contributed by atoms with Crippen LogP contribution in [-0.2, 0) is 4.79 Å². The van der Waals surface area contributed by atoms with Crippen molar-refractivity contribution >= 4 is 11.7 Å². The number of hydrogen-bond acceptors (Lipinski definition) is 5. The van der Waals surface area contributed by atoms with Crippen molar-refractivity contribution in [3.8, 4) is 22.9 Å². The summed E-state index contributed by atoms with van der Waals surface area (Å²) in [7, 11) is 3.24.